The van der Waals surface area contributed by atoms with Crippen LogP contribution in [0.15, 0.2) is 24.4 Å². The van der Waals surface area contributed by atoms with Gasteiger partial charge >= 0.3 is 6.18 Å². The Labute approximate surface area is 203 Å². The van der Waals surface area contributed by atoms with Gasteiger partial charge in [0.1, 0.15) is 23.2 Å². The summed E-state index contributed by atoms with van der Waals surface area (Å²) >= 11 is 0. The van der Waals surface area contributed by atoms with Crippen molar-refractivity contribution in [1.29, 1.82) is 0 Å². The predicted octanol–water partition coefficient (Wildman–Crippen LogP) is 2.55. The summed E-state index contributed by atoms with van der Waals surface area (Å²) in [7, 11) is 3.15. The molecule has 0 spiro atoms. The van der Waals surface area contributed by atoms with Crippen molar-refractivity contribution in [3.8, 4) is 11.8 Å². The molecule has 3 aromatic rings. The number of halogens is 5. The molecule has 1 fully saturated rings. The predicted molar refractivity (Wildman–Crippen MR) is 122 cm³/mol. The number of piperidine rings is 1. The molecule has 0 radical (unpaired) electrons. The SMILES string of the molecule is CN1CC[C@@H](Nc2cccc3c(CC(F)(F)F)c(C#CCNC(=O)c4cnn(C)c4F)nn23)[C@@H](F)C1. The smallest absolute Gasteiger partial charge is 0.364 e. The van der Waals surface area contributed by atoms with E-state index in [2.05, 4.69) is 32.7 Å². The fourth-order valence-corrected chi connectivity index (χ4v) is 4.04. The quantitative estimate of drug-likeness (QED) is 0.408. The number of hydrogen-bond acceptors (Lipinski definition) is 5. The molecule has 8 nitrogen and oxygen atoms in total. The maximum Gasteiger partial charge on any atom is 0.393 e. The molecule has 2 atom stereocenters. The lowest BCUT2D eigenvalue weighted by molar-refractivity contribution is -0.127. The van der Waals surface area contributed by atoms with Crippen molar-refractivity contribution in [2.24, 2.45) is 7.05 Å². The van der Waals surface area contributed by atoms with Crippen LogP contribution in [-0.2, 0) is 13.5 Å². The topological polar surface area (TPSA) is 79.5 Å². The minimum absolute atomic E-state index is 0.122. The van der Waals surface area contributed by atoms with Crippen molar-refractivity contribution in [2.75, 3.05) is 32.0 Å². The zero-order chi connectivity index (χ0) is 26.0. The second-order valence-corrected chi connectivity index (χ2v) is 8.60. The Morgan fingerprint density at radius 3 is 2.72 bits per heavy atom. The number of anilines is 1. The number of aromatic nitrogens is 4. The summed E-state index contributed by atoms with van der Waals surface area (Å²) in [6, 6.07) is 4.15. The average molecular weight is 509 g/mol. The summed E-state index contributed by atoms with van der Waals surface area (Å²) in [5, 5.41) is 13.3. The highest BCUT2D eigenvalue weighted by atomic mass is 19.4. The van der Waals surface area contributed by atoms with Gasteiger partial charge in [0.2, 0.25) is 5.95 Å². The van der Waals surface area contributed by atoms with Gasteiger partial charge < -0.3 is 15.5 Å². The molecule has 1 amide bonds. The lowest BCUT2D eigenvalue weighted by Gasteiger charge is -2.33. The maximum absolute atomic E-state index is 14.5. The zero-order valence-electron chi connectivity index (χ0n) is 19.5. The number of amides is 1. The van der Waals surface area contributed by atoms with Crippen molar-refractivity contribution in [2.45, 2.75) is 31.2 Å². The van der Waals surface area contributed by atoms with E-state index in [9.17, 15) is 26.7 Å². The van der Waals surface area contributed by atoms with Gasteiger partial charge in [0, 0.05) is 25.7 Å². The van der Waals surface area contributed by atoms with Gasteiger partial charge in [0.25, 0.3) is 5.91 Å². The Morgan fingerprint density at radius 2 is 2.06 bits per heavy atom. The van der Waals surface area contributed by atoms with Gasteiger partial charge in [-0.1, -0.05) is 12.0 Å². The Kier molecular flexibility index (Phi) is 7.16. The molecular formula is C23H24F5N7O. The normalized spacial score (nSPS) is 18.6. The van der Waals surface area contributed by atoms with Gasteiger partial charge in [-0.25, -0.2) is 13.6 Å². The van der Waals surface area contributed by atoms with E-state index in [1.54, 1.807) is 12.1 Å². The minimum atomic E-state index is -4.52. The molecule has 2 N–H and O–H groups in total. The molecule has 13 heteroatoms. The van der Waals surface area contributed by atoms with E-state index >= 15 is 0 Å². The number of fused-ring (bicyclic) bond motifs is 1. The van der Waals surface area contributed by atoms with Crippen LogP contribution < -0.4 is 10.6 Å². The van der Waals surface area contributed by atoms with Gasteiger partial charge in [-0.2, -0.15) is 27.8 Å². The van der Waals surface area contributed by atoms with E-state index in [0.717, 1.165) is 10.9 Å². The van der Waals surface area contributed by atoms with Crippen LogP contribution in [0.5, 0.6) is 0 Å². The van der Waals surface area contributed by atoms with Crippen LogP contribution in [0.1, 0.15) is 28.0 Å². The Morgan fingerprint density at radius 1 is 1.28 bits per heavy atom. The van der Waals surface area contributed by atoms with Gasteiger partial charge in [-0.15, -0.1) is 0 Å². The van der Waals surface area contributed by atoms with Crippen LogP contribution in [0, 0.1) is 17.8 Å². The third-order valence-electron chi connectivity index (χ3n) is 5.87. The summed E-state index contributed by atoms with van der Waals surface area (Å²) in [6.45, 7) is 0.673. The van der Waals surface area contributed by atoms with Crippen molar-refractivity contribution in [3.63, 3.8) is 0 Å². The number of carbonyl (C=O) groups is 1. The molecule has 0 aliphatic carbocycles. The number of carbonyl (C=O) groups excluding carboxylic acids is 1. The molecular weight excluding hydrogens is 485 g/mol. The van der Waals surface area contributed by atoms with Crippen LogP contribution in [0.4, 0.5) is 27.8 Å². The Hall–Kier alpha value is -3.66. The van der Waals surface area contributed by atoms with E-state index in [0.29, 0.717) is 18.8 Å². The lowest BCUT2D eigenvalue weighted by atomic mass is 10.0. The molecule has 0 bridgehead atoms. The molecule has 0 saturated carbocycles. The molecule has 4 heterocycles. The fraction of sp³-hybridized carbons (Fsp3) is 0.435. The number of aryl methyl sites for hydroxylation is 1. The van der Waals surface area contributed by atoms with Crippen LogP contribution in [-0.4, -0.2) is 75.3 Å². The molecule has 192 valence electrons. The van der Waals surface area contributed by atoms with E-state index in [1.807, 2.05) is 11.9 Å². The monoisotopic (exact) mass is 509 g/mol. The molecule has 1 aliphatic heterocycles. The number of alkyl halides is 4. The molecule has 1 aliphatic rings. The second-order valence-electron chi connectivity index (χ2n) is 8.60. The van der Waals surface area contributed by atoms with Gasteiger partial charge in [-0.3, -0.25) is 4.79 Å². The highest BCUT2D eigenvalue weighted by Crippen LogP contribution is 2.28. The summed E-state index contributed by atoms with van der Waals surface area (Å²) in [6.07, 6.45) is -5.36. The van der Waals surface area contributed by atoms with Gasteiger partial charge in [-0.05, 0) is 31.5 Å². The van der Waals surface area contributed by atoms with Crippen molar-refractivity contribution in [3.05, 3.63) is 47.2 Å². The summed E-state index contributed by atoms with van der Waals surface area (Å²) < 4.78 is 70.6. The number of nitrogens with one attached hydrogen (secondary N) is 2. The van der Waals surface area contributed by atoms with Gasteiger partial charge in [0.15, 0.2) is 0 Å². The first kappa shape index (κ1) is 25.4. The third kappa shape index (κ3) is 5.59. The van der Waals surface area contributed by atoms with Crippen molar-refractivity contribution in [1.82, 2.24) is 29.6 Å². The minimum Gasteiger partial charge on any atom is -0.364 e. The standard InChI is InChI=1S/C23H24F5N7O/c1-33-10-8-18(16(24)13-33)31-20-7-3-6-19-14(11-23(26,27)28)17(32-35(19)20)5-4-9-29-22(36)15-12-30-34(2)21(15)25/h3,6-7,12,16,18,31H,8-11,13H2,1-2H3,(H,29,36)/t16-,18+/m0/s1. The van der Waals surface area contributed by atoms with E-state index in [-0.39, 0.29) is 35.4 Å². The molecule has 1 saturated heterocycles. The average Bonchev–Trinajstić information content (AvgIpc) is 3.32. The van der Waals surface area contributed by atoms with Crippen LogP contribution in [0.25, 0.3) is 5.52 Å². The Balaban J connectivity index is 1.59. The zero-order valence-corrected chi connectivity index (χ0v) is 19.5. The molecule has 3 aromatic heterocycles. The largest absolute Gasteiger partial charge is 0.393 e. The van der Waals surface area contributed by atoms with Crippen LogP contribution in [0.2, 0.25) is 0 Å². The van der Waals surface area contributed by atoms with Crippen molar-refractivity contribution >= 4 is 17.2 Å². The fourth-order valence-electron chi connectivity index (χ4n) is 4.04. The van der Waals surface area contributed by atoms with Crippen LogP contribution >= 0.6 is 0 Å². The summed E-state index contributed by atoms with van der Waals surface area (Å²) in [5.41, 5.74) is -0.348. The lowest BCUT2D eigenvalue weighted by Crippen LogP contribution is -2.46. The van der Waals surface area contributed by atoms with E-state index in [1.165, 1.54) is 17.6 Å². The number of pyridine rings is 1. The number of nitrogens with zero attached hydrogens (tertiary/aromatic N) is 5. The summed E-state index contributed by atoms with van der Waals surface area (Å²) in [4.78, 5) is 14.0. The van der Waals surface area contributed by atoms with Crippen LogP contribution in [0.3, 0.4) is 0 Å². The first-order chi connectivity index (χ1) is 17.0. The van der Waals surface area contributed by atoms with Gasteiger partial charge in [0.05, 0.1) is 30.7 Å². The van der Waals surface area contributed by atoms with Crippen molar-refractivity contribution < 1.29 is 26.7 Å². The second kappa shape index (κ2) is 10.1. The highest BCUT2D eigenvalue weighted by molar-refractivity contribution is 5.94. The third-order valence-corrected chi connectivity index (χ3v) is 5.87. The highest BCUT2D eigenvalue weighted by Gasteiger charge is 2.32. The molecule has 4 rings (SSSR count). The number of rotatable bonds is 5. The first-order valence-corrected chi connectivity index (χ1v) is 11.1. The number of hydrogen-bond donors (Lipinski definition) is 2. The Bertz CT molecular complexity index is 1320. The molecule has 0 unspecified atom stereocenters. The number of likely N-dealkylation sites (tertiary alicyclic amines) is 1. The maximum atomic E-state index is 14.5. The van der Waals surface area contributed by atoms with E-state index in [4.69, 9.17) is 0 Å². The van der Waals surface area contributed by atoms with E-state index < -0.39 is 36.7 Å². The summed E-state index contributed by atoms with van der Waals surface area (Å²) in [5.74, 6) is 3.91. The first-order valence-electron chi connectivity index (χ1n) is 11.1. The molecule has 0 aromatic carbocycles. The molecule has 36 heavy (non-hydrogen) atoms.